The van der Waals surface area contributed by atoms with Gasteiger partial charge in [0.05, 0.1) is 10.4 Å². The molecule has 1 heterocycles. The van der Waals surface area contributed by atoms with Crippen molar-refractivity contribution in [2.75, 3.05) is 4.90 Å². The molecule has 0 radical (unpaired) electrons. The maximum absolute atomic E-state index is 3.63. The maximum Gasteiger partial charge on any atom is 0.0640 e. The summed E-state index contributed by atoms with van der Waals surface area (Å²) in [5.41, 5.74) is 8.69. The van der Waals surface area contributed by atoms with Crippen LogP contribution in [0.25, 0.3) is 27.3 Å². The number of allylic oxidation sites excluding steroid dienone is 1. The molecule has 1 unspecified atom stereocenters. The predicted octanol–water partition coefficient (Wildman–Crippen LogP) is 11.3. The average Bonchev–Trinajstić information content (AvgIpc) is 3.39. The van der Waals surface area contributed by atoms with Crippen molar-refractivity contribution < 1.29 is 0 Å². The number of nitrogens with zero attached hydrogens (tertiary/aromatic N) is 1. The van der Waals surface area contributed by atoms with Crippen molar-refractivity contribution in [2.45, 2.75) is 12.3 Å². The molecular weight excluding hydrogens is 558 g/mol. The molecule has 7 rings (SSSR count). The molecule has 1 aliphatic carbocycles. The van der Waals surface area contributed by atoms with Gasteiger partial charge in [0, 0.05) is 32.0 Å². The number of anilines is 3. The van der Waals surface area contributed by atoms with Gasteiger partial charge in [-0.25, -0.2) is 0 Å². The molecule has 0 bridgehead atoms. The number of fused-ring (bicyclic) bond motifs is 3. The van der Waals surface area contributed by atoms with Gasteiger partial charge in [-0.15, -0.1) is 11.3 Å². The molecule has 0 fully saturated rings. The van der Waals surface area contributed by atoms with Crippen LogP contribution < -0.4 is 4.90 Å². The summed E-state index contributed by atoms with van der Waals surface area (Å²) < 4.78 is 2.40. The topological polar surface area (TPSA) is 3.24 Å². The molecular formula is C36H26BrNS. The highest BCUT2D eigenvalue weighted by Crippen LogP contribution is 2.49. The zero-order chi connectivity index (χ0) is 26.2. The largest absolute Gasteiger partial charge is 0.309 e. The Balaban J connectivity index is 1.39. The van der Waals surface area contributed by atoms with E-state index in [0.29, 0.717) is 5.92 Å². The third-order valence-corrected chi connectivity index (χ3v) is 9.38. The molecule has 1 nitrogen and oxygen atoms in total. The molecule has 0 saturated carbocycles. The van der Waals surface area contributed by atoms with Gasteiger partial charge in [-0.05, 0) is 71.1 Å². The first kappa shape index (κ1) is 24.1. The molecule has 0 amide bonds. The lowest BCUT2D eigenvalue weighted by molar-refractivity contribution is 0.840. The summed E-state index contributed by atoms with van der Waals surface area (Å²) in [6, 6.07) is 45.8. The number of halogens is 1. The van der Waals surface area contributed by atoms with Crippen molar-refractivity contribution in [3.05, 3.63) is 154 Å². The fourth-order valence-corrected chi connectivity index (χ4v) is 7.30. The molecule has 188 valence electrons. The van der Waals surface area contributed by atoms with Crippen LogP contribution in [-0.4, -0.2) is 0 Å². The highest BCUT2D eigenvalue weighted by Gasteiger charge is 2.26. The standard InChI is InChI=1S/C36H26BrNS/c37-28-19-23-30(24-20-28)38(29-21-17-26(18-22-29)25-9-3-1-4-10-25)34-16-8-15-33-32-14-7-13-31(35(32)39-36(33)34)27-11-5-2-6-12-27/h1-12,14-24,31H,13H2. The van der Waals surface area contributed by atoms with Gasteiger partial charge < -0.3 is 4.90 Å². The normalized spacial score (nSPS) is 14.3. The van der Waals surface area contributed by atoms with Crippen LogP contribution in [-0.2, 0) is 0 Å². The Bertz CT molecular complexity index is 1770. The highest BCUT2D eigenvalue weighted by molar-refractivity contribution is 9.10. The van der Waals surface area contributed by atoms with E-state index in [1.807, 2.05) is 11.3 Å². The zero-order valence-electron chi connectivity index (χ0n) is 21.3. The lowest BCUT2D eigenvalue weighted by Crippen LogP contribution is -2.10. The van der Waals surface area contributed by atoms with Gasteiger partial charge in [0.25, 0.3) is 0 Å². The minimum atomic E-state index is 0.391. The molecule has 0 saturated heterocycles. The third-order valence-electron chi connectivity index (χ3n) is 7.49. The average molecular weight is 585 g/mol. The van der Waals surface area contributed by atoms with Crippen molar-refractivity contribution in [2.24, 2.45) is 0 Å². The van der Waals surface area contributed by atoms with E-state index in [0.717, 1.165) is 22.3 Å². The Kier molecular flexibility index (Phi) is 6.40. The summed E-state index contributed by atoms with van der Waals surface area (Å²) in [6.45, 7) is 0. The van der Waals surface area contributed by atoms with Crippen molar-refractivity contribution in [3.63, 3.8) is 0 Å². The smallest absolute Gasteiger partial charge is 0.0640 e. The van der Waals surface area contributed by atoms with Crippen LogP contribution in [0, 0.1) is 0 Å². The molecule has 39 heavy (non-hydrogen) atoms. The van der Waals surface area contributed by atoms with E-state index in [2.05, 4.69) is 160 Å². The van der Waals surface area contributed by atoms with Crippen LogP contribution in [0.3, 0.4) is 0 Å². The van der Waals surface area contributed by atoms with Crippen molar-refractivity contribution in [3.8, 4) is 11.1 Å². The number of rotatable bonds is 5. The lowest BCUT2D eigenvalue weighted by atomic mass is 9.87. The summed E-state index contributed by atoms with van der Waals surface area (Å²) in [6.07, 6.45) is 5.71. The van der Waals surface area contributed by atoms with Crippen LogP contribution >= 0.6 is 27.3 Å². The summed E-state index contributed by atoms with van der Waals surface area (Å²) in [4.78, 5) is 3.86. The highest BCUT2D eigenvalue weighted by atomic mass is 79.9. The van der Waals surface area contributed by atoms with Crippen LogP contribution in [0.15, 0.2) is 138 Å². The molecule has 0 N–H and O–H groups in total. The quantitative estimate of drug-likeness (QED) is 0.195. The van der Waals surface area contributed by atoms with E-state index < -0.39 is 0 Å². The molecule has 0 spiro atoms. The van der Waals surface area contributed by atoms with Crippen LogP contribution in [0.2, 0.25) is 0 Å². The van der Waals surface area contributed by atoms with Gasteiger partial charge in [-0.1, -0.05) is 113 Å². The number of hydrogen-bond acceptors (Lipinski definition) is 2. The summed E-state index contributed by atoms with van der Waals surface area (Å²) >= 11 is 5.57. The minimum absolute atomic E-state index is 0.391. The second-order valence-corrected chi connectivity index (χ2v) is 11.8. The molecule has 1 aromatic heterocycles. The molecule has 6 aromatic rings. The lowest BCUT2D eigenvalue weighted by Gasteiger charge is -2.26. The van der Waals surface area contributed by atoms with Gasteiger partial charge in [-0.2, -0.15) is 0 Å². The van der Waals surface area contributed by atoms with E-state index in [1.165, 1.54) is 42.9 Å². The van der Waals surface area contributed by atoms with Gasteiger partial charge in [0.2, 0.25) is 0 Å². The number of thiophene rings is 1. The molecule has 3 heteroatoms. The van der Waals surface area contributed by atoms with Crippen LogP contribution in [0.4, 0.5) is 17.1 Å². The second-order valence-electron chi connectivity index (χ2n) is 9.86. The van der Waals surface area contributed by atoms with Crippen molar-refractivity contribution >= 4 is 60.5 Å². The van der Waals surface area contributed by atoms with Crippen molar-refractivity contribution in [1.82, 2.24) is 0 Å². The summed E-state index contributed by atoms with van der Waals surface area (Å²) in [5.74, 6) is 0.391. The van der Waals surface area contributed by atoms with E-state index in [-0.39, 0.29) is 0 Å². The Morgan fingerprint density at radius 2 is 1.28 bits per heavy atom. The fourth-order valence-electron chi connectivity index (χ4n) is 5.60. The van der Waals surface area contributed by atoms with Crippen LogP contribution in [0.5, 0.6) is 0 Å². The van der Waals surface area contributed by atoms with E-state index in [9.17, 15) is 0 Å². The third kappa shape index (κ3) is 4.52. The predicted molar refractivity (Wildman–Crippen MR) is 172 cm³/mol. The SMILES string of the molecule is Brc1ccc(N(c2ccc(-c3ccccc3)cc2)c2cccc3c4c(sc23)C(c2ccccc2)CC=C4)cc1. The molecule has 1 aliphatic rings. The molecule has 0 aliphatic heterocycles. The second kappa shape index (κ2) is 10.3. The molecule has 1 atom stereocenters. The van der Waals surface area contributed by atoms with E-state index in [4.69, 9.17) is 0 Å². The van der Waals surface area contributed by atoms with Gasteiger partial charge in [-0.3, -0.25) is 0 Å². The van der Waals surface area contributed by atoms with Gasteiger partial charge in [0.15, 0.2) is 0 Å². The van der Waals surface area contributed by atoms with E-state index >= 15 is 0 Å². The summed E-state index contributed by atoms with van der Waals surface area (Å²) in [5, 5.41) is 1.33. The Labute approximate surface area is 241 Å². The Morgan fingerprint density at radius 3 is 2.00 bits per heavy atom. The van der Waals surface area contributed by atoms with Gasteiger partial charge in [0.1, 0.15) is 0 Å². The fraction of sp³-hybridized carbons (Fsp3) is 0.0556. The first-order chi connectivity index (χ1) is 19.3. The van der Waals surface area contributed by atoms with E-state index in [1.54, 1.807) is 0 Å². The number of hydrogen-bond donors (Lipinski definition) is 0. The molecule has 5 aromatic carbocycles. The summed E-state index contributed by atoms with van der Waals surface area (Å²) in [7, 11) is 0. The Morgan fingerprint density at radius 1 is 0.641 bits per heavy atom. The van der Waals surface area contributed by atoms with Crippen LogP contribution in [0.1, 0.15) is 28.3 Å². The first-order valence-electron chi connectivity index (χ1n) is 13.2. The monoisotopic (exact) mass is 583 g/mol. The maximum atomic E-state index is 3.63. The minimum Gasteiger partial charge on any atom is -0.309 e. The zero-order valence-corrected chi connectivity index (χ0v) is 23.7. The Hall–Kier alpha value is -3.92. The van der Waals surface area contributed by atoms with Crippen molar-refractivity contribution in [1.29, 1.82) is 0 Å². The van der Waals surface area contributed by atoms with Gasteiger partial charge >= 0.3 is 0 Å². The number of benzene rings is 5. The first-order valence-corrected chi connectivity index (χ1v) is 14.9.